The fraction of sp³-hybridized carbons (Fsp3) is 0.833. The Kier molecular flexibility index (Phi) is 4.95. The van der Waals surface area contributed by atoms with Crippen LogP contribution < -0.4 is 0 Å². The van der Waals surface area contributed by atoms with Gasteiger partial charge in [0, 0.05) is 13.1 Å². The summed E-state index contributed by atoms with van der Waals surface area (Å²) >= 11 is 0. The van der Waals surface area contributed by atoms with E-state index in [2.05, 4.69) is 0 Å². The minimum atomic E-state index is -3.54. The quantitative estimate of drug-likeness (QED) is 0.704. The number of nitrogens with zero attached hydrogens (tertiary/aromatic N) is 1. The van der Waals surface area contributed by atoms with E-state index in [9.17, 15) is 18.0 Å². The first-order valence-electron chi connectivity index (χ1n) is 6.43. The standard InChI is InChI=1S/C12H21NO5S/c1-3-13(4-2)10(14)8-19(17,18)9-12(5-6-12)7-11(15)16/h3-9H2,1-2H3,(H,15,16). The summed E-state index contributed by atoms with van der Waals surface area (Å²) < 4.78 is 23.9. The Morgan fingerprint density at radius 1 is 1.21 bits per heavy atom. The first-order chi connectivity index (χ1) is 8.73. The van der Waals surface area contributed by atoms with E-state index in [4.69, 9.17) is 5.11 Å². The van der Waals surface area contributed by atoms with Gasteiger partial charge in [0.1, 0.15) is 5.75 Å². The van der Waals surface area contributed by atoms with Gasteiger partial charge >= 0.3 is 5.97 Å². The molecule has 0 aromatic heterocycles. The van der Waals surface area contributed by atoms with Crippen LogP contribution in [-0.2, 0) is 19.4 Å². The van der Waals surface area contributed by atoms with Gasteiger partial charge in [-0.15, -0.1) is 0 Å². The van der Waals surface area contributed by atoms with E-state index in [1.165, 1.54) is 4.90 Å². The van der Waals surface area contributed by atoms with Crippen molar-refractivity contribution in [3.8, 4) is 0 Å². The molecule has 1 saturated carbocycles. The van der Waals surface area contributed by atoms with Gasteiger partial charge < -0.3 is 10.0 Å². The molecule has 0 spiro atoms. The molecule has 0 atom stereocenters. The lowest BCUT2D eigenvalue weighted by Crippen LogP contribution is -2.37. The molecule has 1 N–H and O–H groups in total. The van der Waals surface area contributed by atoms with Crippen LogP contribution in [0.1, 0.15) is 33.1 Å². The molecule has 0 radical (unpaired) electrons. The fourth-order valence-corrected chi connectivity index (χ4v) is 4.23. The lowest BCUT2D eigenvalue weighted by molar-refractivity contribution is -0.138. The number of carboxylic acid groups (broad SMARTS) is 1. The molecule has 0 unspecified atom stereocenters. The maximum absolute atomic E-state index is 12.0. The van der Waals surface area contributed by atoms with Gasteiger partial charge in [-0.3, -0.25) is 9.59 Å². The molecule has 19 heavy (non-hydrogen) atoms. The van der Waals surface area contributed by atoms with Gasteiger partial charge in [-0.1, -0.05) is 0 Å². The summed E-state index contributed by atoms with van der Waals surface area (Å²) in [7, 11) is -3.54. The van der Waals surface area contributed by atoms with Crippen molar-refractivity contribution in [2.75, 3.05) is 24.6 Å². The largest absolute Gasteiger partial charge is 0.481 e. The first-order valence-corrected chi connectivity index (χ1v) is 8.26. The van der Waals surface area contributed by atoms with Crippen molar-refractivity contribution in [1.29, 1.82) is 0 Å². The van der Waals surface area contributed by atoms with Crippen molar-refractivity contribution in [3.05, 3.63) is 0 Å². The predicted octanol–water partition coefficient (Wildman–Crippen LogP) is 0.524. The van der Waals surface area contributed by atoms with Crippen molar-refractivity contribution in [2.45, 2.75) is 33.1 Å². The Balaban J connectivity index is 2.62. The van der Waals surface area contributed by atoms with Crippen LogP contribution in [0.2, 0.25) is 0 Å². The molecule has 1 amide bonds. The van der Waals surface area contributed by atoms with Crippen LogP contribution in [0.15, 0.2) is 0 Å². The van der Waals surface area contributed by atoms with Gasteiger partial charge in [0.25, 0.3) is 0 Å². The summed E-state index contributed by atoms with van der Waals surface area (Å²) in [5, 5.41) is 8.76. The van der Waals surface area contributed by atoms with E-state index >= 15 is 0 Å². The first kappa shape index (κ1) is 15.9. The highest BCUT2D eigenvalue weighted by atomic mass is 32.2. The number of sulfone groups is 1. The highest BCUT2D eigenvalue weighted by Gasteiger charge is 2.48. The molecule has 110 valence electrons. The third-order valence-electron chi connectivity index (χ3n) is 3.47. The third kappa shape index (κ3) is 4.81. The zero-order chi connectivity index (χ0) is 14.7. The summed E-state index contributed by atoms with van der Waals surface area (Å²) in [6.07, 6.45) is 1.08. The average Bonchev–Trinajstić information content (AvgIpc) is 2.95. The third-order valence-corrected chi connectivity index (χ3v) is 5.21. The molecule has 0 bridgehead atoms. The molecule has 1 rings (SSSR count). The molecule has 0 heterocycles. The molecule has 0 aliphatic heterocycles. The van der Waals surface area contributed by atoms with E-state index in [1.54, 1.807) is 13.8 Å². The topological polar surface area (TPSA) is 91.8 Å². The second-order valence-corrected chi connectivity index (χ2v) is 7.23. The minimum Gasteiger partial charge on any atom is -0.481 e. The highest BCUT2D eigenvalue weighted by Crippen LogP contribution is 2.49. The zero-order valence-corrected chi connectivity index (χ0v) is 12.2. The molecule has 0 aromatic rings. The van der Waals surface area contributed by atoms with Gasteiger partial charge in [0.2, 0.25) is 5.91 Å². The van der Waals surface area contributed by atoms with Gasteiger partial charge in [0.05, 0.1) is 12.2 Å². The molecular weight excluding hydrogens is 270 g/mol. The molecule has 6 nitrogen and oxygen atoms in total. The molecule has 1 aliphatic rings. The normalized spacial score (nSPS) is 16.9. The minimum absolute atomic E-state index is 0.133. The Labute approximate surface area is 113 Å². The van der Waals surface area contributed by atoms with Crippen molar-refractivity contribution in [1.82, 2.24) is 4.90 Å². The van der Waals surface area contributed by atoms with Crippen molar-refractivity contribution < 1.29 is 23.1 Å². The van der Waals surface area contributed by atoms with Crippen molar-refractivity contribution in [2.24, 2.45) is 5.41 Å². The number of aliphatic carboxylic acids is 1. The lowest BCUT2D eigenvalue weighted by atomic mass is 10.1. The predicted molar refractivity (Wildman–Crippen MR) is 70.5 cm³/mol. The number of carbonyl (C=O) groups is 2. The molecule has 0 saturated heterocycles. The number of carboxylic acids is 1. The van der Waals surface area contributed by atoms with Gasteiger partial charge in [0.15, 0.2) is 9.84 Å². The summed E-state index contributed by atoms with van der Waals surface area (Å²) in [5.41, 5.74) is -0.631. The Morgan fingerprint density at radius 2 is 1.74 bits per heavy atom. The number of amides is 1. The smallest absolute Gasteiger partial charge is 0.303 e. The van der Waals surface area contributed by atoms with E-state index in [0.29, 0.717) is 25.9 Å². The van der Waals surface area contributed by atoms with Crippen LogP contribution in [0.25, 0.3) is 0 Å². The number of rotatable bonds is 8. The maximum atomic E-state index is 12.0. The Morgan fingerprint density at radius 3 is 2.11 bits per heavy atom. The fourth-order valence-electron chi connectivity index (χ4n) is 2.24. The average molecular weight is 291 g/mol. The van der Waals surface area contributed by atoms with Gasteiger partial charge in [-0.25, -0.2) is 8.42 Å². The van der Waals surface area contributed by atoms with E-state index in [-0.39, 0.29) is 12.2 Å². The van der Waals surface area contributed by atoms with Crippen LogP contribution in [0.5, 0.6) is 0 Å². The molecule has 0 aromatic carbocycles. The van der Waals surface area contributed by atoms with Crippen LogP contribution in [0.4, 0.5) is 0 Å². The summed E-state index contributed by atoms with van der Waals surface area (Å²) in [4.78, 5) is 23.9. The summed E-state index contributed by atoms with van der Waals surface area (Å²) in [6, 6.07) is 0. The number of carbonyl (C=O) groups excluding carboxylic acids is 1. The van der Waals surface area contributed by atoms with Gasteiger partial charge in [-0.2, -0.15) is 0 Å². The maximum Gasteiger partial charge on any atom is 0.303 e. The second kappa shape index (κ2) is 5.90. The van der Waals surface area contributed by atoms with E-state index < -0.39 is 32.9 Å². The second-order valence-electron chi connectivity index (χ2n) is 5.17. The number of hydrogen-bond donors (Lipinski definition) is 1. The number of hydrogen-bond acceptors (Lipinski definition) is 4. The van der Waals surface area contributed by atoms with Crippen LogP contribution >= 0.6 is 0 Å². The van der Waals surface area contributed by atoms with Gasteiger partial charge in [-0.05, 0) is 32.1 Å². The molecule has 1 fully saturated rings. The van der Waals surface area contributed by atoms with E-state index in [0.717, 1.165) is 0 Å². The molecule has 7 heteroatoms. The van der Waals surface area contributed by atoms with Crippen molar-refractivity contribution in [3.63, 3.8) is 0 Å². The lowest BCUT2D eigenvalue weighted by Gasteiger charge is -2.19. The Bertz CT molecular complexity index is 449. The Hall–Kier alpha value is -1.11. The zero-order valence-electron chi connectivity index (χ0n) is 11.4. The molecule has 1 aliphatic carbocycles. The molecular formula is C12H21NO5S. The highest BCUT2D eigenvalue weighted by molar-refractivity contribution is 7.92. The van der Waals surface area contributed by atoms with Crippen LogP contribution in [0.3, 0.4) is 0 Å². The van der Waals surface area contributed by atoms with Crippen LogP contribution in [-0.4, -0.2) is 54.9 Å². The monoisotopic (exact) mass is 291 g/mol. The van der Waals surface area contributed by atoms with E-state index in [1.807, 2.05) is 0 Å². The summed E-state index contributed by atoms with van der Waals surface area (Å²) in [6.45, 7) is 4.54. The van der Waals surface area contributed by atoms with Crippen LogP contribution in [0, 0.1) is 5.41 Å². The van der Waals surface area contributed by atoms with Crippen molar-refractivity contribution >= 4 is 21.7 Å². The SMILES string of the molecule is CCN(CC)C(=O)CS(=O)(=O)CC1(CC(=O)O)CC1. The summed E-state index contributed by atoms with van der Waals surface area (Å²) in [5.74, 6) is -2.10.